The van der Waals surface area contributed by atoms with E-state index in [-0.39, 0.29) is 0 Å². The Labute approximate surface area is 114 Å². The summed E-state index contributed by atoms with van der Waals surface area (Å²) in [6.07, 6.45) is 4.18. The Morgan fingerprint density at radius 3 is 3.11 bits per heavy atom. The van der Waals surface area contributed by atoms with Crippen LogP contribution in [0.15, 0.2) is 24.4 Å². The van der Waals surface area contributed by atoms with Crippen LogP contribution in [0.2, 0.25) is 0 Å². The highest BCUT2D eigenvalue weighted by molar-refractivity contribution is 7.99. The van der Waals surface area contributed by atoms with Crippen molar-refractivity contribution in [2.75, 3.05) is 38.2 Å². The van der Waals surface area contributed by atoms with Gasteiger partial charge >= 0.3 is 0 Å². The first-order valence-electron chi connectivity index (χ1n) is 6.74. The molecule has 2 heterocycles. The average Bonchev–Trinajstić information content (AvgIpc) is 2.45. The van der Waals surface area contributed by atoms with E-state index in [1.165, 1.54) is 36.7 Å². The topological polar surface area (TPSA) is 28.2 Å². The Bertz CT molecular complexity index is 325. The molecule has 0 amide bonds. The summed E-state index contributed by atoms with van der Waals surface area (Å²) in [6.45, 7) is 3.44. The Balaban J connectivity index is 1.61. The number of nitrogens with one attached hydrogen (secondary N) is 1. The van der Waals surface area contributed by atoms with E-state index in [1.807, 2.05) is 12.3 Å². The highest BCUT2D eigenvalue weighted by Crippen LogP contribution is 2.10. The fraction of sp³-hybridized carbons (Fsp3) is 0.643. The normalized spacial score (nSPS) is 20.2. The molecule has 1 aliphatic heterocycles. The van der Waals surface area contributed by atoms with Gasteiger partial charge in [0.25, 0.3) is 0 Å². The number of thioether (sulfide) groups is 1. The summed E-state index contributed by atoms with van der Waals surface area (Å²) in [7, 11) is 2.21. The molecule has 1 N–H and O–H groups in total. The van der Waals surface area contributed by atoms with Crippen molar-refractivity contribution in [1.29, 1.82) is 0 Å². The van der Waals surface area contributed by atoms with Crippen LogP contribution in [0.25, 0.3) is 0 Å². The van der Waals surface area contributed by atoms with Gasteiger partial charge in [0.05, 0.1) is 0 Å². The minimum Gasteiger partial charge on any atom is -0.312 e. The third-order valence-electron chi connectivity index (χ3n) is 3.33. The molecule has 0 aliphatic carbocycles. The Morgan fingerprint density at radius 1 is 1.44 bits per heavy atom. The molecule has 0 radical (unpaired) electrons. The Hall–Kier alpha value is -0.580. The molecule has 1 saturated heterocycles. The van der Waals surface area contributed by atoms with Gasteiger partial charge in [-0.15, -0.1) is 0 Å². The smallest absolute Gasteiger partial charge is 0.0416 e. The highest BCUT2D eigenvalue weighted by atomic mass is 32.2. The zero-order valence-corrected chi connectivity index (χ0v) is 12.0. The quantitative estimate of drug-likeness (QED) is 0.846. The van der Waals surface area contributed by atoms with Gasteiger partial charge in [-0.2, -0.15) is 11.8 Å². The molecule has 1 aromatic heterocycles. The molecular weight excluding hydrogens is 242 g/mol. The molecule has 1 fully saturated rings. The van der Waals surface area contributed by atoms with Crippen molar-refractivity contribution in [1.82, 2.24) is 15.2 Å². The van der Waals surface area contributed by atoms with Crippen molar-refractivity contribution in [3.05, 3.63) is 30.1 Å². The number of pyridine rings is 1. The highest BCUT2D eigenvalue weighted by Gasteiger charge is 2.13. The van der Waals surface area contributed by atoms with Gasteiger partial charge in [0.1, 0.15) is 0 Å². The molecule has 1 atom stereocenters. The van der Waals surface area contributed by atoms with Crippen molar-refractivity contribution in [3.8, 4) is 0 Å². The molecule has 1 aromatic rings. The fourth-order valence-corrected chi connectivity index (χ4v) is 3.14. The second-order valence-corrected chi connectivity index (χ2v) is 6.04. The van der Waals surface area contributed by atoms with Crippen molar-refractivity contribution < 1.29 is 0 Å². The van der Waals surface area contributed by atoms with Gasteiger partial charge < -0.3 is 10.2 Å². The maximum Gasteiger partial charge on any atom is 0.0416 e. The third-order valence-corrected chi connectivity index (χ3v) is 4.46. The fourth-order valence-electron chi connectivity index (χ4n) is 2.14. The van der Waals surface area contributed by atoms with E-state index in [1.54, 1.807) is 0 Å². The van der Waals surface area contributed by atoms with Crippen LogP contribution in [0, 0.1) is 0 Å². The lowest BCUT2D eigenvalue weighted by molar-refractivity contribution is 0.314. The van der Waals surface area contributed by atoms with Crippen molar-refractivity contribution >= 4 is 11.8 Å². The van der Waals surface area contributed by atoms with Crippen molar-refractivity contribution in [2.24, 2.45) is 0 Å². The third kappa shape index (κ3) is 4.96. The first-order chi connectivity index (χ1) is 8.84. The summed E-state index contributed by atoms with van der Waals surface area (Å²) in [5.74, 6) is 2.54. The monoisotopic (exact) mass is 265 g/mol. The van der Waals surface area contributed by atoms with Crippen LogP contribution in [0.4, 0.5) is 0 Å². The minimum atomic E-state index is 0.709. The summed E-state index contributed by atoms with van der Waals surface area (Å²) >= 11 is 2.07. The largest absolute Gasteiger partial charge is 0.312 e. The van der Waals surface area contributed by atoms with Crippen LogP contribution in [0.5, 0.6) is 0 Å². The maximum atomic E-state index is 4.36. The van der Waals surface area contributed by atoms with E-state index < -0.39 is 0 Å². The predicted molar refractivity (Wildman–Crippen MR) is 79.2 cm³/mol. The lowest BCUT2D eigenvalue weighted by Crippen LogP contribution is -2.39. The van der Waals surface area contributed by atoms with Gasteiger partial charge in [-0.25, -0.2) is 0 Å². The van der Waals surface area contributed by atoms with Gasteiger partial charge in [-0.1, -0.05) is 6.07 Å². The van der Waals surface area contributed by atoms with Crippen molar-refractivity contribution in [3.63, 3.8) is 0 Å². The summed E-state index contributed by atoms with van der Waals surface area (Å²) in [5.41, 5.74) is 1.19. The van der Waals surface area contributed by atoms with E-state index in [0.717, 1.165) is 13.0 Å². The summed E-state index contributed by atoms with van der Waals surface area (Å²) < 4.78 is 0. The number of hydrogen-bond donors (Lipinski definition) is 1. The molecule has 0 spiro atoms. The first kappa shape index (κ1) is 13.8. The standard InChI is InChI=1S/C14H23N3S/c1-17(9-5-13-4-2-3-7-15-13)10-6-14-12-18-11-8-16-14/h2-4,7,14,16H,5-6,8-12H2,1H3. The molecule has 18 heavy (non-hydrogen) atoms. The molecule has 0 aromatic carbocycles. The maximum absolute atomic E-state index is 4.36. The Kier molecular flexibility index (Phi) is 5.97. The van der Waals surface area contributed by atoms with Gasteiger partial charge in [-0.05, 0) is 32.1 Å². The second-order valence-electron chi connectivity index (χ2n) is 4.89. The van der Waals surface area contributed by atoms with Crippen LogP contribution in [0.3, 0.4) is 0 Å². The minimum absolute atomic E-state index is 0.709. The number of nitrogens with zero attached hydrogens (tertiary/aromatic N) is 2. The van der Waals surface area contributed by atoms with Gasteiger partial charge in [0, 0.05) is 48.9 Å². The Morgan fingerprint density at radius 2 is 2.39 bits per heavy atom. The number of hydrogen-bond acceptors (Lipinski definition) is 4. The zero-order valence-electron chi connectivity index (χ0n) is 11.1. The number of aromatic nitrogens is 1. The first-order valence-corrected chi connectivity index (χ1v) is 7.89. The van der Waals surface area contributed by atoms with Gasteiger partial charge in [0.2, 0.25) is 0 Å². The van der Waals surface area contributed by atoms with Crippen LogP contribution in [-0.2, 0) is 6.42 Å². The van der Waals surface area contributed by atoms with E-state index in [2.05, 4.69) is 46.1 Å². The molecule has 1 aliphatic rings. The second kappa shape index (κ2) is 7.77. The van der Waals surface area contributed by atoms with E-state index in [9.17, 15) is 0 Å². The summed E-state index contributed by atoms with van der Waals surface area (Å²) in [4.78, 5) is 6.77. The van der Waals surface area contributed by atoms with Gasteiger partial charge in [0.15, 0.2) is 0 Å². The lowest BCUT2D eigenvalue weighted by atomic mass is 10.2. The predicted octanol–water partition coefficient (Wildman–Crippen LogP) is 1.65. The van der Waals surface area contributed by atoms with Crippen molar-refractivity contribution in [2.45, 2.75) is 18.9 Å². The molecule has 100 valence electrons. The lowest BCUT2D eigenvalue weighted by Gasteiger charge is -2.25. The molecule has 0 saturated carbocycles. The molecule has 2 rings (SSSR count). The number of likely N-dealkylation sites (N-methyl/N-ethyl adjacent to an activating group) is 1. The van der Waals surface area contributed by atoms with Crippen LogP contribution < -0.4 is 5.32 Å². The SMILES string of the molecule is CN(CCc1ccccn1)CCC1CSCCN1. The van der Waals surface area contributed by atoms with E-state index >= 15 is 0 Å². The molecule has 0 bridgehead atoms. The average molecular weight is 265 g/mol. The van der Waals surface area contributed by atoms with Crippen LogP contribution in [-0.4, -0.2) is 54.1 Å². The van der Waals surface area contributed by atoms with E-state index in [0.29, 0.717) is 6.04 Å². The van der Waals surface area contributed by atoms with Gasteiger partial charge in [-0.3, -0.25) is 4.98 Å². The summed E-state index contributed by atoms with van der Waals surface area (Å²) in [5, 5.41) is 3.59. The summed E-state index contributed by atoms with van der Waals surface area (Å²) in [6, 6.07) is 6.85. The van der Waals surface area contributed by atoms with Crippen LogP contribution in [0.1, 0.15) is 12.1 Å². The van der Waals surface area contributed by atoms with E-state index in [4.69, 9.17) is 0 Å². The molecular formula is C14H23N3S. The molecule has 4 heteroatoms. The molecule has 1 unspecified atom stereocenters. The zero-order chi connectivity index (χ0) is 12.6. The molecule has 3 nitrogen and oxygen atoms in total. The number of rotatable bonds is 6. The van der Waals surface area contributed by atoms with Crippen LogP contribution >= 0.6 is 11.8 Å².